The third-order valence-corrected chi connectivity index (χ3v) is 3.60. The Hall–Kier alpha value is -2.21. The van der Waals surface area contributed by atoms with Crippen LogP contribution in [0.4, 0.5) is 0 Å². The van der Waals surface area contributed by atoms with Gasteiger partial charge in [0.1, 0.15) is 12.9 Å². The Kier molecular flexibility index (Phi) is 6.09. The van der Waals surface area contributed by atoms with Gasteiger partial charge >= 0.3 is 5.97 Å². The van der Waals surface area contributed by atoms with E-state index in [1.54, 1.807) is 4.90 Å². The number of amides is 1. The fourth-order valence-corrected chi connectivity index (χ4v) is 2.52. The molecule has 1 saturated heterocycles. The van der Waals surface area contributed by atoms with Crippen molar-refractivity contribution in [2.75, 3.05) is 19.6 Å². The van der Waals surface area contributed by atoms with E-state index in [0.717, 1.165) is 12.0 Å². The third kappa shape index (κ3) is 4.66. The normalized spacial score (nSPS) is 17.9. The number of rotatable bonds is 7. The molecule has 2 rings (SSSR count). The van der Waals surface area contributed by atoms with E-state index in [9.17, 15) is 14.4 Å². The predicted octanol–water partition coefficient (Wildman–Crippen LogP) is 0.509. The van der Waals surface area contributed by atoms with Crippen molar-refractivity contribution < 1.29 is 19.1 Å². The van der Waals surface area contributed by atoms with Crippen LogP contribution in [0.3, 0.4) is 0 Å². The molecule has 1 fully saturated rings. The second-order valence-corrected chi connectivity index (χ2v) is 5.19. The topological polar surface area (TPSA) is 75.7 Å². The predicted molar refractivity (Wildman–Crippen MR) is 79.9 cm³/mol. The minimum atomic E-state index is -0.357. The summed E-state index contributed by atoms with van der Waals surface area (Å²) in [7, 11) is 0. The summed E-state index contributed by atoms with van der Waals surface area (Å²) >= 11 is 0. The average Bonchev–Trinajstić information content (AvgIpc) is 3.00. The van der Waals surface area contributed by atoms with E-state index < -0.39 is 0 Å². The fraction of sp³-hybridized carbons (Fsp3) is 0.438. The van der Waals surface area contributed by atoms with Gasteiger partial charge in [-0.3, -0.25) is 14.5 Å². The molecule has 1 aliphatic rings. The van der Waals surface area contributed by atoms with Crippen LogP contribution in [0.5, 0.6) is 0 Å². The van der Waals surface area contributed by atoms with E-state index in [0.29, 0.717) is 19.3 Å². The number of carbonyl (C=O) groups is 3. The van der Waals surface area contributed by atoms with Crippen LogP contribution in [-0.2, 0) is 25.7 Å². The van der Waals surface area contributed by atoms with Crippen molar-refractivity contribution >= 4 is 18.2 Å². The minimum Gasteiger partial charge on any atom is -0.460 e. The molecule has 0 radical (unpaired) electrons. The smallest absolute Gasteiger partial charge is 0.320 e. The molecule has 0 bridgehead atoms. The Labute approximate surface area is 129 Å². The van der Waals surface area contributed by atoms with Gasteiger partial charge in [0.25, 0.3) is 0 Å². The van der Waals surface area contributed by atoms with Crippen LogP contribution in [0.1, 0.15) is 18.4 Å². The Bertz CT molecular complexity index is 518. The monoisotopic (exact) mass is 304 g/mol. The van der Waals surface area contributed by atoms with Crippen molar-refractivity contribution in [1.29, 1.82) is 0 Å². The molecule has 0 aromatic heterocycles. The van der Waals surface area contributed by atoms with E-state index in [-0.39, 0.29) is 37.6 Å². The summed E-state index contributed by atoms with van der Waals surface area (Å²) in [4.78, 5) is 35.9. The Morgan fingerprint density at radius 1 is 1.32 bits per heavy atom. The zero-order valence-corrected chi connectivity index (χ0v) is 12.4. The first kappa shape index (κ1) is 16.2. The van der Waals surface area contributed by atoms with Gasteiger partial charge in [-0.1, -0.05) is 30.3 Å². The number of esters is 1. The number of aldehydes is 1. The first-order chi connectivity index (χ1) is 10.7. The maximum Gasteiger partial charge on any atom is 0.320 e. The summed E-state index contributed by atoms with van der Waals surface area (Å²) < 4.78 is 5.23. The SMILES string of the molecule is O=CCNC(=O)[C@H]1CCCN1CC(=O)OCc1ccccc1. The van der Waals surface area contributed by atoms with E-state index in [1.165, 1.54) is 0 Å². The molecule has 0 unspecified atom stereocenters. The summed E-state index contributed by atoms with van der Waals surface area (Å²) in [5.41, 5.74) is 0.928. The van der Waals surface area contributed by atoms with Gasteiger partial charge in [-0.05, 0) is 24.9 Å². The van der Waals surface area contributed by atoms with E-state index in [1.807, 2.05) is 30.3 Å². The third-order valence-electron chi connectivity index (χ3n) is 3.60. The van der Waals surface area contributed by atoms with Crippen LogP contribution in [0.25, 0.3) is 0 Å². The van der Waals surface area contributed by atoms with Gasteiger partial charge in [-0.15, -0.1) is 0 Å². The molecule has 6 nitrogen and oxygen atoms in total. The van der Waals surface area contributed by atoms with Gasteiger partial charge in [0.2, 0.25) is 5.91 Å². The first-order valence-electron chi connectivity index (χ1n) is 7.35. The highest BCUT2D eigenvalue weighted by Gasteiger charge is 2.31. The van der Waals surface area contributed by atoms with Crippen molar-refractivity contribution in [3.05, 3.63) is 35.9 Å². The van der Waals surface area contributed by atoms with Gasteiger partial charge in [-0.2, -0.15) is 0 Å². The van der Waals surface area contributed by atoms with Crippen LogP contribution in [0.15, 0.2) is 30.3 Å². The van der Waals surface area contributed by atoms with Crippen LogP contribution < -0.4 is 5.32 Å². The second kappa shape index (κ2) is 8.29. The first-order valence-corrected chi connectivity index (χ1v) is 7.35. The lowest BCUT2D eigenvalue weighted by Gasteiger charge is -2.22. The van der Waals surface area contributed by atoms with E-state index in [2.05, 4.69) is 5.32 Å². The number of hydrogen-bond donors (Lipinski definition) is 1. The lowest BCUT2D eigenvalue weighted by Crippen LogP contribution is -2.45. The maximum atomic E-state index is 11.9. The maximum absolute atomic E-state index is 11.9. The fourth-order valence-electron chi connectivity index (χ4n) is 2.52. The van der Waals surface area contributed by atoms with Gasteiger partial charge in [0.05, 0.1) is 19.1 Å². The quantitative estimate of drug-likeness (QED) is 0.587. The lowest BCUT2D eigenvalue weighted by atomic mass is 10.2. The summed E-state index contributed by atoms with van der Waals surface area (Å²) in [6.07, 6.45) is 2.19. The van der Waals surface area contributed by atoms with Gasteiger partial charge < -0.3 is 14.8 Å². The van der Waals surface area contributed by atoms with Gasteiger partial charge in [0.15, 0.2) is 0 Å². The molecule has 6 heteroatoms. The molecular weight excluding hydrogens is 284 g/mol. The average molecular weight is 304 g/mol. The molecule has 1 heterocycles. The number of benzene rings is 1. The van der Waals surface area contributed by atoms with Gasteiger partial charge in [-0.25, -0.2) is 0 Å². The summed E-state index contributed by atoms with van der Waals surface area (Å²) in [5, 5.41) is 2.53. The number of hydrogen-bond acceptors (Lipinski definition) is 5. The zero-order valence-electron chi connectivity index (χ0n) is 12.4. The second-order valence-electron chi connectivity index (χ2n) is 5.19. The Morgan fingerprint density at radius 2 is 2.09 bits per heavy atom. The number of likely N-dealkylation sites (tertiary alicyclic amines) is 1. The molecule has 1 amide bonds. The molecule has 1 aliphatic heterocycles. The standard InChI is InChI=1S/C16H20N2O4/c19-10-8-17-16(21)14-7-4-9-18(14)11-15(20)22-12-13-5-2-1-3-6-13/h1-3,5-6,10,14H,4,7-9,11-12H2,(H,17,21)/t14-/m1/s1. The van der Waals surface area contributed by atoms with Crippen LogP contribution in [-0.4, -0.2) is 48.7 Å². The highest BCUT2D eigenvalue weighted by atomic mass is 16.5. The summed E-state index contributed by atoms with van der Waals surface area (Å²) in [5.74, 6) is -0.556. The molecule has 1 N–H and O–H groups in total. The number of ether oxygens (including phenoxy) is 1. The van der Waals surface area contributed by atoms with Crippen LogP contribution in [0, 0.1) is 0 Å². The molecule has 22 heavy (non-hydrogen) atoms. The minimum absolute atomic E-state index is 0.00161. The van der Waals surface area contributed by atoms with Gasteiger partial charge in [0, 0.05) is 0 Å². The molecule has 0 saturated carbocycles. The van der Waals surface area contributed by atoms with E-state index in [4.69, 9.17) is 4.74 Å². The van der Waals surface area contributed by atoms with Crippen LogP contribution >= 0.6 is 0 Å². The molecule has 118 valence electrons. The molecular formula is C16H20N2O4. The number of carbonyl (C=O) groups excluding carboxylic acids is 3. The molecule has 0 spiro atoms. The van der Waals surface area contributed by atoms with Crippen molar-refractivity contribution in [2.45, 2.75) is 25.5 Å². The van der Waals surface area contributed by atoms with Crippen molar-refractivity contribution in [1.82, 2.24) is 10.2 Å². The Balaban J connectivity index is 1.79. The molecule has 1 atom stereocenters. The zero-order chi connectivity index (χ0) is 15.8. The summed E-state index contributed by atoms with van der Waals surface area (Å²) in [6, 6.07) is 9.09. The molecule has 0 aliphatic carbocycles. The Morgan fingerprint density at radius 3 is 2.82 bits per heavy atom. The van der Waals surface area contributed by atoms with Crippen molar-refractivity contribution in [3.8, 4) is 0 Å². The largest absolute Gasteiger partial charge is 0.460 e. The van der Waals surface area contributed by atoms with Crippen molar-refractivity contribution in [2.24, 2.45) is 0 Å². The highest BCUT2D eigenvalue weighted by Crippen LogP contribution is 2.17. The van der Waals surface area contributed by atoms with Crippen LogP contribution in [0.2, 0.25) is 0 Å². The summed E-state index contributed by atoms with van der Waals surface area (Å²) in [6.45, 7) is 1.00. The molecule has 1 aromatic carbocycles. The lowest BCUT2D eigenvalue weighted by molar-refractivity contribution is -0.147. The highest BCUT2D eigenvalue weighted by molar-refractivity contribution is 5.84. The molecule has 1 aromatic rings. The number of nitrogens with one attached hydrogen (secondary N) is 1. The van der Waals surface area contributed by atoms with Crippen molar-refractivity contribution in [3.63, 3.8) is 0 Å². The number of nitrogens with zero attached hydrogens (tertiary/aromatic N) is 1. The van der Waals surface area contributed by atoms with E-state index >= 15 is 0 Å².